The van der Waals surface area contributed by atoms with Crippen molar-refractivity contribution in [2.75, 3.05) is 0 Å². The minimum atomic E-state index is 0.433. The quantitative estimate of drug-likeness (QED) is 0.723. The Morgan fingerprint density at radius 3 is 2.80 bits per heavy atom. The monoisotopic (exact) mass is 198 g/mol. The predicted octanol–water partition coefficient (Wildman–Crippen LogP) is 2.42. The summed E-state index contributed by atoms with van der Waals surface area (Å²) in [5.74, 6) is 0.433. The Balaban J connectivity index is 2.48. The molecule has 76 valence electrons. The Bertz CT molecular complexity index is 418. The van der Waals surface area contributed by atoms with E-state index in [0.29, 0.717) is 5.76 Å². The lowest BCUT2D eigenvalue weighted by Gasteiger charge is -2.15. The summed E-state index contributed by atoms with van der Waals surface area (Å²) in [5, 5.41) is 9.84. The van der Waals surface area contributed by atoms with Gasteiger partial charge in [-0.2, -0.15) is 0 Å². The molecule has 2 heteroatoms. The average molecular weight is 198 g/mol. The predicted molar refractivity (Wildman–Crippen MR) is 67.0 cm³/mol. The third-order valence-corrected chi connectivity index (χ3v) is 2.87. The molecule has 0 saturated heterocycles. The minimum Gasteiger partial charge on any atom is -0.508 e. The smallest absolute Gasteiger partial charge is 0.155 e. The van der Waals surface area contributed by atoms with Crippen molar-refractivity contribution in [1.82, 2.24) is 0 Å². The third kappa shape index (κ3) is 1.99. The van der Waals surface area contributed by atoms with Crippen molar-refractivity contribution in [3.8, 4) is 0 Å². The molecule has 0 aromatic heterocycles. The van der Waals surface area contributed by atoms with Gasteiger partial charge in [0.15, 0.2) is 7.28 Å². The van der Waals surface area contributed by atoms with Crippen LogP contribution in [0.5, 0.6) is 0 Å². The second kappa shape index (κ2) is 4.39. The largest absolute Gasteiger partial charge is 0.508 e. The van der Waals surface area contributed by atoms with Crippen LogP contribution in [0.4, 0.5) is 0 Å². The highest BCUT2D eigenvalue weighted by Crippen LogP contribution is 2.25. The highest BCUT2D eigenvalue weighted by Gasteiger charge is 2.12. The Morgan fingerprint density at radius 2 is 2.07 bits per heavy atom. The normalized spacial score (nSPS) is 15.5. The first kappa shape index (κ1) is 10.1. The van der Waals surface area contributed by atoms with Crippen LogP contribution in [-0.4, -0.2) is 12.4 Å². The molecule has 0 aliphatic heterocycles. The highest BCUT2D eigenvalue weighted by molar-refractivity contribution is 6.53. The summed E-state index contributed by atoms with van der Waals surface area (Å²) in [7, 11) is 1.01. The van der Waals surface area contributed by atoms with Crippen LogP contribution < -0.4 is 5.46 Å². The molecular weight excluding hydrogens is 183 g/mol. The minimum absolute atomic E-state index is 0.433. The van der Waals surface area contributed by atoms with E-state index < -0.39 is 0 Å². The van der Waals surface area contributed by atoms with Crippen molar-refractivity contribution >= 4 is 18.3 Å². The number of benzene rings is 1. The van der Waals surface area contributed by atoms with Gasteiger partial charge in [-0.3, -0.25) is 0 Å². The van der Waals surface area contributed by atoms with E-state index in [-0.39, 0.29) is 0 Å². The van der Waals surface area contributed by atoms with E-state index in [1.807, 2.05) is 18.2 Å². The molecule has 2 rings (SSSR count). The van der Waals surface area contributed by atoms with Gasteiger partial charge in [0.2, 0.25) is 0 Å². The van der Waals surface area contributed by atoms with E-state index in [1.54, 1.807) is 0 Å². The van der Waals surface area contributed by atoms with Crippen LogP contribution >= 0.6 is 0 Å². The average Bonchev–Trinajstić information content (AvgIpc) is 2.30. The molecule has 1 aromatic carbocycles. The van der Waals surface area contributed by atoms with E-state index in [2.05, 4.69) is 25.0 Å². The van der Waals surface area contributed by atoms with Crippen molar-refractivity contribution in [3.05, 3.63) is 47.7 Å². The van der Waals surface area contributed by atoms with Gasteiger partial charge < -0.3 is 5.11 Å². The molecule has 0 fully saturated rings. The molecule has 0 unspecified atom stereocenters. The number of rotatable bonds is 2. The van der Waals surface area contributed by atoms with Crippen molar-refractivity contribution in [3.63, 3.8) is 0 Å². The SMILES string of the molecule is CBc1ccccc1C1=C(O)C=CCC1. The summed E-state index contributed by atoms with van der Waals surface area (Å²) in [4.78, 5) is 0. The van der Waals surface area contributed by atoms with E-state index >= 15 is 0 Å². The summed E-state index contributed by atoms with van der Waals surface area (Å²) < 4.78 is 0. The van der Waals surface area contributed by atoms with Crippen LogP contribution in [0.25, 0.3) is 5.57 Å². The lowest BCUT2D eigenvalue weighted by Crippen LogP contribution is -2.16. The van der Waals surface area contributed by atoms with Crippen LogP contribution in [0.15, 0.2) is 42.2 Å². The summed E-state index contributed by atoms with van der Waals surface area (Å²) in [6.07, 6.45) is 5.80. The molecule has 0 atom stereocenters. The molecule has 0 spiro atoms. The zero-order valence-electron chi connectivity index (χ0n) is 9.03. The second-order valence-corrected chi connectivity index (χ2v) is 3.82. The molecule has 15 heavy (non-hydrogen) atoms. The van der Waals surface area contributed by atoms with Crippen LogP contribution in [0.3, 0.4) is 0 Å². The van der Waals surface area contributed by atoms with Gasteiger partial charge in [0.05, 0.1) is 0 Å². The van der Waals surface area contributed by atoms with Gasteiger partial charge in [0, 0.05) is 5.57 Å². The van der Waals surface area contributed by atoms with Gasteiger partial charge in [0.25, 0.3) is 0 Å². The Morgan fingerprint density at radius 1 is 1.27 bits per heavy atom. The zero-order chi connectivity index (χ0) is 10.7. The fourth-order valence-electron chi connectivity index (χ4n) is 2.05. The van der Waals surface area contributed by atoms with Gasteiger partial charge in [0.1, 0.15) is 5.76 Å². The molecule has 1 N–H and O–H groups in total. The molecule has 1 aliphatic rings. The van der Waals surface area contributed by atoms with Crippen LogP contribution in [0.1, 0.15) is 18.4 Å². The Hall–Kier alpha value is -1.44. The molecule has 0 bridgehead atoms. The summed E-state index contributed by atoms with van der Waals surface area (Å²) in [6.45, 7) is 2.15. The molecule has 1 nitrogen and oxygen atoms in total. The first-order chi connectivity index (χ1) is 7.33. The molecule has 1 aromatic rings. The highest BCUT2D eigenvalue weighted by atomic mass is 16.3. The van der Waals surface area contributed by atoms with E-state index in [9.17, 15) is 5.11 Å². The number of aliphatic hydroxyl groups is 1. The van der Waals surface area contributed by atoms with Crippen molar-refractivity contribution < 1.29 is 5.11 Å². The van der Waals surface area contributed by atoms with E-state index in [4.69, 9.17) is 0 Å². The van der Waals surface area contributed by atoms with Crippen LogP contribution in [-0.2, 0) is 0 Å². The molecule has 0 amide bonds. The molecule has 0 radical (unpaired) electrons. The first-order valence-electron chi connectivity index (χ1n) is 5.50. The van der Waals surface area contributed by atoms with Crippen LogP contribution in [0.2, 0.25) is 6.82 Å². The van der Waals surface area contributed by atoms with Crippen LogP contribution in [0, 0.1) is 0 Å². The summed E-state index contributed by atoms with van der Waals surface area (Å²) in [5.41, 5.74) is 3.62. The van der Waals surface area contributed by atoms with E-state index in [0.717, 1.165) is 25.7 Å². The van der Waals surface area contributed by atoms with E-state index in [1.165, 1.54) is 11.0 Å². The van der Waals surface area contributed by atoms with Crippen molar-refractivity contribution in [2.45, 2.75) is 19.7 Å². The van der Waals surface area contributed by atoms with Gasteiger partial charge >= 0.3 is 0 Å². The molecule has 0 heterocycles. The molecule has 0 saturated carbocycles. The van der Waals surface area contributed by atoms with Gasteiger partial charge in [-0.15, -0.1) is 0 Å². The lowest BCUT2D eigenvalue weighted by molar-refractivity contribution is 0.431. The fraction of sp³-hybridized carbons (Fsp3) is 0.231. The second-order valence-electron chi connectivity index (χ2n) is 3.82. The maximum atomic E-state index is 9.84. The van der Waals surface area contributed by atoms with Gasteiger partial charge in [-0.05, 0) is 24.5 Å². The lowest BCUT2D eigenvalue weighted by atomic mass is 9.69. The number of hydrogen-bond donors (Lipinski definition) is 1. The van der Waals surface area contributed by atoms with Gasteiger partial charge in [-0.1, -0.05) is 42.6 Å². The summed E-state index contributed by atoms with van der Waals surface area (Å²) in [6, 6.07) is 8.32. The number of aliphatic hydroxyl groups excluding tert-OH is 1. The van der Waals surface area contributed by atoms with Crippen molar-refractivity contribution in [1.29, 1.82) is 0 Å². The first-order valence-corrected chi connectivity index (χ1v) is 5.50. The van der Waals surface area contributed by atoms with Gasteiger partial charge in [-0.25, -0.2) is 0 Å². The Labute approximate surface area is 91.4 Å². The topological polar surface area (TPSA) is 20.2 Å². The number of hydrogen-bond acceptors (Lipinski definition) is 1. The number of allylic oxidation sites excluding steroid dienone is 3. The fourth-order valence-corrected chi connectivity index (χ4v) is 2.05. The molecular formula is C13H15BO. The zero-order valence-corrected chi connectivity index (χ0v) is 9.03. The summed E-state index contributed by atoms with van der Waals surface area (Å²) >= 11 is 0. The third-order valence-electron chi connectivity index (χ3n) is 2.87. The van der Waals surface area contributed by atoms with Crippen molar-refractivity contribution in [2.24, 2.45) is 0 Å². The maximum Gasteiger partial charge on any atom is 0.155 e. The molecule has 1 aliphatic carbocycles. The maximum absolute atomic E-state index is 9.84. The standard InChI is InChI=1S/C13H15BO/c1-14-12-8-4-2-6-10(12)11-7-3-5-9-13(11)15/h2,4-6,8-9,14-15H,3,7H2,1H3. The Kier molecular flexibility index (Phi) is 2.95.